The van der Waals surface area contributed by atoms with Crippen molar-refractivity contribution >= 4 is 12.3 Å². The molecule has 4 nitrogen and oxygen atoms in total. The quantitative estimate of drug-likeness (QED) is 0.486. The molecule has 0 radical (unpaired) electrons. The summed E-state index contributed by atoms with van der Waals surface area (Å²) in [4.78, 5) is 21.6. The molecule has 0 aliphatic heterocycles. The summed E-state index contributed by atoms with van der Waals surface area (Å²) in [6.07, 6.45) is -4.54. The summed E-state index contributed by atoms with van der Waals surface area (Å²) in [5.41, 5.74) is -0.0261. The van der Waals surface area contributed by atoms with Crippen LogP contribution in [0.3, 0.4) is 0 Å². The predicted octanol–water partition coefficient (Wildman–Crippen LogP) is 2.31. The Morgan fingerprint density at radius 2 is 2.05 bits per heavy atom. The predicted molar refractivity (Wildman–Crippen MR) is 62.0 cm³/mol. The van der Waals surface area contributed by atoms with Gasteiger partial charge >= 0.3 is 12.3 Å². The van der Waals surface area contributed by atoms with Crippen LogP contribution in [0, 0.1) is 11.8 Å². The molecule has 1 aromatic carbocycles. The lowest BCUT2D eigenvalue weighted by Crippen LogP contribution is -2.17. The lowest BCUT2D eigenvalue weighted by atomic mass is 10.1. The van der Waals surface area contributed by atoms with Gasteiger partial charge in [-0.25, -0.2) is 4.79 Å². The van der Waals surface area contributed by atoms with Crippen LogP contribution in [-0.2, 0) is 9.53 Å². The molecule has 106 valence electrons. The van der Waals surface area contributed by atoms with Gasteiger partial charge in [0.1, 0.15) is 12.0 Å². The Kier molecular flexibility index (Phi) is 5.15. The van der Waals surface area contributed by atoms with Crippen LogP contribution in [0.25, 0.3) is 0 Å². The number of alkyl halides is 3. The van der Waals surface area contributed by atoms with Crippen molar-refractivity contribution in [1.29, 1.82) is 0 Å². The number of rotatable bonds is 3. The zero-order valence-corrected chi connectivity index (χ0v) is 10.3. The summed E-state index contributed by atoms with van der Waals surface area (Å²) in [6, 6.07) is 3.10. The number of carbonyl (C=O) groups excluding carboxylic acids is 2. The zero-order valence-electron chi connectivity index (χ0n) is 10.3. The summed E-state index contributed by atoms with van der Waals surface area (Å²) >= 11 is 0. The molecule has 1 aromatic rings. The van der Waals surface area contributed by atoms with Crippen molar-refractivity contribution in [2.45, 2.75) is 13.3 Å². The molecule has 0 atom stereocenters. The van der Waals surface area contributed by atoms with E-state index in [1.807, 2.05) is 0 Å². The maximum absolute atomic E-state index is 12.1. The fourth-order valence-electron chi connectivity index (χ4n) is 1.25. The lowest BCUT2D eigenvalue weighted by Gasteiger charge is -2.09. The zero-order chi connectivity index (χ0) is 15.2. The van der Waals surface area contributed by atoms with Crippen molar-refractivity contribution in [3.8, 4) is 17.6 Å². The Bertz CT molecular complexity index is 567. The molecule has 0 amide bonds. The van der Waals surface area contributed by atoms with Gasteiger partial charge in [-0.3, -0.25) is 4.79 Å². The van der Waals surface area contributed by atoms with Gasteiger partial charge in [-0.1, -0.05) is 5.92 Å². The van der Waals surface area contributed by atoms with Crippen molar-refractivity contribution in [3.05, 3.63) is 29.3 Å². The summed E-state index contributed by atoms with van der Waals surface area (Å²) in [5.74, 6) is 2.97. The van der Waals surface area contributed by atoms with Gasteiger partial charge in [0, 0.05) is 17.0 Å². The minimum Gasteiger partial charge on any atom is -0.456 e. The number of ether oxygens (including phenoxy) is 2. The van der Waals surface area contributed by atoms with Gasteiger partial charge in [-0.2, -0.15) is 0 Å². The molecule has 0 fully saturated rings. The molecule has 7 heteroatoms. The number of hydrogen-bond acceptors (Lipinski definition) is 4. The van der Waals surface area contributed by atoms with Crippen LogP contribution in [0.15, 0.2) is 18.2 Å². The van der Waals surface area contributed by atoms with E-state index in [0.717, 1.165) is 12.1 Å². The first-order chi connectivity index (χ1) is 9.34. The number of aldehydes is 1. The van der Waals surface area contributed by atoms with Crippen LogP contribution < -0.4 is 4.74 Å². The van der Waals surface area contributed by atoms with Gasteiger partial charge in [-0.05, 0) is 25.1 Å². The van der Waals surface area contributed by atoms with Crippen LogP contribution in [0.4, 0.5) is 13.2 Å². The van der Waals surface area contributed by atoms with E-state index in [1.54, 1.807) is 6.92 Å². The molecule has 0 aliphatic rings. The maximum Gasteiger partial charge on any atom is 0.573 e. The van der Waals surface area contributed by atoms with Gasteiger partial charge in [0.2, 0.25) is 0 Å². The molecular weight excluding hydrogens is 277 g/mol. The number of halogens is 3. The van der Waals surface area contributed by atoms with Gasteiger partial charge < -0.3 is 9.47 Å². The van der Waals surface area contributed by atoms with E-state index in [-0.39, 0.29) is 17.7 Å². The Balaban J connectivity index is 3.05. The first-order valence-corrected chi connectivity index (χ1v) is 5.39. The summed E-state index contributed by atoms with van der Waals surface area (Å²) in [7, 11) is 0. The van der Waals surface area contributed by atoms with Crippen LogP contribution >= 0.6 is 0 Å². The van der Waals surface area contributed by atoms with Crippen LogP contribution in [-0.4, -0.2) is 25.2 Å². The highest BCUT2D eigenvalue weighted by Crippen LogP contribution is 2.24. The summed E-state index contributed by atoms with van der Waals surface area (Å²) < 4.78 is 44.5. The van der Waals surface area contributed by atoms with Crippen molar-refractivity contribution in [1.82, 2.24) is 0 Å². The number of esters is 1. The highest BCUT2D eigenvalue weighted by atomic mass is 19.4. The molecule has 0 saturated carbocycles. The third kappa shape index (κ3) is 5.44. The van der Waals surface area contributed by atoms with Gasteiger partial charge in [0.15, 0.2) is 0 Å². The summed E-state index contributed by atoms with van der Waals surface area (Å²) in [5, 5.41) is 0. The molecule has 1 rings (SSSR count). The van der Waals surface area contributed by atoms with Crippen LogP contribution in [0.5, 0.6) is 5.75 Å². The third-order valence-corrected chi connectivity index (χ3v) is 1.88. The molecule has 0 saturated heterocycles. The van der Waals surface area contributed by atoms with Gasteiger partial charge in [0.25, 0.3) is 0 Å². The van der Waals surface area contributed by atoms with Crippen molar-refractivity contribution in [2.24, 2.45) is 0 Å². The average Bonchev–Trinajstić information content (AvgIpc) is 2.34. The molecule has 0 spiro atoms. The smallest absolute Gasteiger partial charge is 0.456 e. The Labute approximate surface area is 112 Å². The number of hydrogen-bond donors (Lipinski definition) is 0. The highest BCUT2D eigenvalue weighted by Gasteiger charge is 2.31. The van der Waals surface area contributed by atoms with Gasteiger partial charge in [-0.15, -0.1) is 13.2 Å². The molecule has 0 heterocycles. The highest BCUT2D eigenvalue weighted by molar-refractivity contribution is 5.89. The summed E-state index contributed by atoms with van der Waals surface area (Å²) in [6.45, 7) is 1.71. The fraction of sp³-hybridized carbons (Fsp3) is 0.231. The standard InChI is InChI=1S/C13H9F3O4/c1-2-19-12(18)4-3-9-5-10(8-17)7-11(6-9)20-13(14,15)16/h5-8H,2H2,1H3. The maximum atomic E-state index is 12.1. The normalized spacial score (nSPS) is 10.2. The van der Waals surface area contributed by atoms with Crippen molar-refractivity contribution in [3.63, 3.8) is 0 Å². The van der Waals surface area contributed by atoms with E-state index in [9.17, 15) is 22.8 Å². The number of carbonyl (C=O) groups is 2. The van der Waals surface area contributed by atoms with E-state index in [1.165, 1.54) is 6.07 Å². The Morgan fingerprint density at radius 1 is 1.35 bits per heavy atom. The third-order valence-electron chi connectivity index (χ3n) is 1.88. The van der Waals surface area contributed by atoms with Crippen molar-refractivity contribution < 1.29 is 32.2 Å². The van der Waals surface area contributed by atoms with E-state index < -0.39 is 18.1 Å². The van der Waals surface area contributed by atoms with Crippen LogP contribution in [0.1, 0.15) is 22.8 Å². The molecule has 20 heavy (non-hydrogen) atoms. The monoisotopic (exact) mass is 286 g/mol. The van der Waals surface area contributed by atoms with Crippen molar-refractivity contribution in [2.75, 3.05) is 6.61 Å². The molecule has 0 unspecified atom stereocenters. The largest absolute Gasteiger partial charge is 0.573 e. The van der Waals surface area contributed by atoms with E-state index >= 15 is 0 Å². The lowest BCUT2D eigenvalue weighted by molar-refractivity contribution is -0.274. The Hall–Kier alpha value is -2.49. The molecule has 0 aromatic heterocycles. The average molecular weight is 286 g/mol. The molecular formula is C13H9F3O4. The first kappa shape index (κ1) is 15.6. The molecule has 0 bridgehead atoms. The minimum atomic E-state index is -4.88. The fourth-order valence-corrected chi connectivity index (χ4v) is 1.25. The van der Waals surface area contributed by atoms with E-state index in [2.05, 4.69) is 21.3 Å². The second-order valence-electron chi connectivity index (χ2n) is 3.43. The van der Waals surface area contributed by atoms with E-state index in [0.29, 0.717) is 6.29 Å². The number of benzene rings is 1. The van der Waals surface area contributed by atoms with Crippen LogP contribution in [0.2, 0.25) is 0 Å². The first-order valence-electron chi connectivity index (χ1n) is 5.39. The second kappa shape index (κ2) is 6.61. The molecule has 0 aliphatic carbocycles. The topological polar surface area (TPSA) is 52.6 Å². The Morgan fingerprint density at radius 3 is 2.60 bits per heavy atom. The van der Waals surface area contributed by atoms with E-state index in [4.69, 9.17) is 0 Å². The van der Waals surface area contributed by atoms with Gasteiger partial charge in [0.05, 0.1) is 6.61 Å². The molecule has 0 N–H and O–H groups in total. The second-order valence-corrected chi connectivity index (χ2v) is 3.43. The minimum absolute atomic E-state index is 0.0295. The SMILES string of the molecule is CCOC(=O)C#Cc1cc(C=O)cc(OC(F)(F)F)c1.